The Bertz CT molecular complexity index is 373. The second kappa shape index (κ2) is 6.55. The summed E-state index contributed by atoms with van der Waals surface area (Å²) in [5, 5.41) is 0. The third-order valence-electron chi connectivity index (χ3n) is 3.07. The monoisotopic (exact) mass is 233 g/mol. The van der Waals surface area contributed by atoms with Crippen molar-refractivity contribution in [3.8, 4) is 0 Å². The van der Waals surface area contributed by atoms with Gasteiger partial charge >= 0.3 is 0 Å². The first kappa shape index (κ1) is 13.9. The number of carbonyl (C=O) groups is 1. The van der Waals surface area contributed by atoms with Gasteiger partial charge in [0, 0.05) is 12.1 Å². The molecule has 0 fully saturated rings. The molecule has 0 N–H and O–H groups in total. The van der Waals surface area contributed by atoms with Gasteiger partial charge in [-0.1, -0.05) is 44.0 Å². The summed E-state index contributed by atoms with van der Waals surface area (Å²) in [6, 6.07) is 7.81. The first-order chi connectivity index (χ1) is 8.02. The van der Waals surface area contributed by atoms with Crippen LogP contribution in [0.15, 0.2) is 24.3 Å². The van der Waals surface area contributed by atoms with Crippen molar-refractivity contribution in [2.45, 2.75) is 27.2 Å². The Kier molecular flexibility index (Phi) is 5.36. The van der Waals surface area contributed by atoms with Gasteiger partial charge in [-0.05, 0) is 26.0 Å². The Balaban J connectivity index is 2.54. The molecule has 0 aliphatic heterocycles. The van der Waals surface area contributed by atoms with Crippen molar-refractivity contribution in [1.29, 1.82) is 0 Å². The Morgan fingerprint density at radius 3 is 2.71 bits per heavy atom. The predicted molar refractivity (Wildman–Crippen MR) is 72.5 cm³/mol. The van der Waals surface area contributed by atoms with Gasteiger partial charge in [-0.15, -0.1) is 0 Å². The number of Topliss-reactive ketones (excluding diaryl/α,β-unsaturated/α-hetero) is 1. The Labute approximate surface area is 105 Å². The van der Waals surface area contributed by atoms with Crippen LogP contribution in [0.25, 0.3) is 0 Å². The SMILES string of the molecule is CCC(C)CN(C)CC(=O)c1cccc(C)c1. The van der Waals surface area contributed by atoms with Gasteiger partial charge in [0.25, 0.3) is 0 Å². The molecule has 1 aromatic rings. The van der Waals surface area contributed by atoms with Crippen molar-refractivity contribution >= 4 is 5.78 Å². The van der Waals surface area contributed by atoms with Crippen molar-refractivity contribution < 1.29 is 4.79 Å². The lowest BCUT2D eigenvalue weighted by Crippen LogP contribution is -2.30. The quantitative estimate of drug-likeness (QED) is 0.703. The minimum absolute atomic E-state index is 0.208. The normalized spacial score (nSPS) is 12.8. The van der Waals surface area contributed by atoms with Crippen LogP contribution in [0.1, 0.15) is 36.2 Å². The molecule has 0 aromatic heterocycles. The van der Waals surface area contributed by atoms with Crippen LogP contribution < -0.4 is 0 Å². The van der Waals surface area contributed by atoms with Crippen molar-refractivity contribution in [2.24, 2.45) is 5.92 Å². The first-order valence-corrected chi connectivity index (χ1v) is 6.31. The van der Waals surface area contributed by atoms with Crippen molar-refractivity contribution in [1.82, 2.24) is 4.90 Å². The van der Waals surface area contributed by atoms with E-state index in [-0.39, 0.29) is 5.78 Å². The second-order valence-corrected chi connectivity index (χ2v) is 5.00. The third kappa shape index (κ3) is 4.70. The minimum atomic E-state index is 0.208. The van der Waals surface area contributed by atoms with E-state index in [0.717, 1.165) is 24.1 Å². The van der Waals surface area contributed by atoms with E-state index in [0.29, 0.717) is 12.5 Å². The van der Waals surface area contributed by atoms with Gasteiger partial charge in [-0.3, -0.25) is 9.69 Å². The molecular weight excluding hydrogens is 210 g/mol. The number of benzene rings is 1. The smallest absolute Gasteiger partial charge is 0.176 e. The van der Waals surface area contributed by atoms with Crippen LogP contribution in [0.4, 0.5) is 0 Å². The van der Waals surface area contributed by atoms with E-state index in [2.05, 4.69) is 18.7 Å². The molecule has 0 amide bonds. The van der Waals surface area contributed by atoms with Gasteiger partial charge in [0.05, 0.1) is 6.54 Å². The predicted octanol–water partition coefficient (Wildman–Crippen LogP) is 3.16. The topological polar surface area (TPSA) is 20.3 Å². The highest BCUT2D eigenvalue weighted by molar-refractivity contribution is 5.97. The number of likely N-dealkylation sites (N-methyl/N-ethyl adjacent to an activating group) is 1. The van der Waals surface area contributed by atoms with Crippen molar-refractivity contribution in [3.63, 3.8) is 0 Å². The van der Waals surface area contributed by atoms with Crippen molar-refractivity contribution in [2.75, 3.05) is 20.1 Å². The number of aryl methyl sites for hydroxylation is 1. The fourth-order valence-corrected chi connectivity index (χ4v) is 1.88. The lowest BCUT2D eigenvalue weighted by atomic mass is 10.1. The van der Waals surface area contributed by atoms with Crippen LogP contribution in [-0.2, 0) is 0 Å². The molecule has 0 saturated carbocycles. The molecule has 1 atom stereocenters. The van der Waals surface area contributed by atoms with E-state index < -0.39 is 0 Å². The highest BCUT2D eigenvalue weighted by Gasteiger charge is 2.11. The molecule has 0 heterocycles. The van der Waals surface area contributed by atoms with Crippen LogP contribution in [0.5, 0.6) is 0 Å². The number of ketones is 1. The summed E-state index contributed by atoms with van der Waals surface area (Å²) in [6.45, 7) is 7.90. The van der Waals surface area contributed by atoms with Crippen LogP contribution >= 0.6 is 0 Å². The maximum absolute atomic E-state index is 12.0. The molecule has 0 radical (unpaired) electrons. The largest absolute Gasteiger partial charge is 0.299 e. The standard InChI is InChI=1S/C15H23NO/c1-5-12(2)10-16(4)11-15(17)14-8-6-7-13(3)9-14/h6-9,12H,5,10-11H2,1-4H3. The lowest BCUT2D eigenvalue weighted by Gasteiger charge is -2.19. The molecule has 1 aromatic carbocycles. The van der Waals surface area contributed by atoms with Gasteiger partial charge in [0.15, 0.2) is 5.78 Å². The molecule has 2 heteroatoms. The zero-order valence-corrected chi connectivity index (χ0v) is 11.4. The molecule has 94 valence electrons. The fraction of sp³-hybridized carbons (Fsp3) is 0.533. The Hall–Kier alpha value is -1.15. The van der Waals surface area contributed by atoms with E-state index in [1.807, 2.05) is 38.2 Å². The fourth-order valence-electron chi connectivity index (χ4n) is 1.88. The molecule has 0 saturated heterocycles. The summed E-state index contributed by atoms with van der Waals surface area (Å²) >= 11 is 0. The van der Waals surface area contributed by atoms with E-state index in [4.69, 9.17) is 0 Å². The molecule has 1 unspecified atom stereocenters. The molecular formula is C15H23NO. The number of nitrogens with zero attached hydrogens (tertiary/aromatic N) is 1. The molecule has 0 bridgehead atoms. The molecule has 0 aliphatic rings. The summed E-state index contributed by atoms with van der Waals surface area (Å²) in [5.74, 6) is 0.852. The number of hydrogen-bond donors (Lipinski definition) is 0. The van der Waals surface area contributed by atoms with E-state index in [1.165, 1.54) is 0 Å². The summed E-state index contributed by atoms with van der Waals surface area (Å²) in [4.78, 5) is 14.1. The highest BCUT2D eigenvalue weighted by Crippen LogP contribution is 2.07. The zero-order valence-electron chi connectivity index (χ0n) is 11.4. The number of carbonyl (C=O) groups excluding carboxylic acids is 1. The van der Waals surface area contributed by atoms with Gasteiger partial charge in [0.1, 0.15) is 0 Å². The van der Waals surface area contributed by atoms with Crippen LogP contribution in [0.2, 0.25) is 0 Å². The zero-order chi connectivity index (χ0) is 12.8. The maximum atomic E-state index is 12.0. The summed E-state index contributed by atoms with van der Waals surface area (Å²) in [7, 11) is 2.01. The van der Waals surface area contributed by atoms with Crippen molar-refractivity contribution in [3.05, 3.63) is 35.4 Å². The number of rotatable bonds is 6. The van der Waals surface area contributed by atoms with Crippen LogP contribution in [-0.4, -0.2) is 30.8 Å². The Morgan fingerprint density at radius 1 is 1.41 bits per heavy atom. The molecule has 0 aliphatic carbocycles. The van der Waals surface area contributed by atoms with Gasteiger partial charge in [-0.25, -0.2) is 0 Å². The lowest BCUT2D eigenvalue weighted by molar-refractivity contribution is 0.0938. The third-order valence-corrected chi connectivity index (χ3v) is 3.07. The Morgan fingerprint density at radius 2 is 2.12 bits per heavy atom. The first-order valence-electron chi connectivity index (χ1n) is 6.31. The van der Waals surface area contributed by atoms with Gasteiger partial charge in [-0.2, -0.15) is 0 Å². The molecule has 2 nitrogen and oxygen atoms in total. The van der Waals surface area contributed by atoms with Crippen LogP contribution in [0.3, 0.4) is 0 Å². The average Bonchev–Trinajstić information content (AvgIpc) is 2.28. The number of hydrogen-bond acceptors (Lipinski definition) is 2. The highest BCUT2D eigenvalue weighted by atomic mass is 16.1. The van der Waals surface area contributed by atoms with Crippen LogP contribution in [0, 0.1) is 12.8 Å². The van der Waals surface area contributed by atoms with Gasteiger partial charge in [0.2, 0.25) is 0 Å². The average molecular weight is 233 g/mol. The summed E-state index contributed by atoms with van der Waals surface area (Å²) < 4.78 is 0. The summed E-state index contributed by atoms with van der Waals surface area (Å²) in [6.07, 6.45) is 1.16. The maximum Gasteiger partial charge on any atom is 0.176 e. The molecule has 17 heavy (non-hydrogen) atoms. The van der Waals surface area contributed by atoms with E-state index >= 15 is 0 Å². The molecule has 0 spiro atoms. The summed E-state index contributed by atoms with van der Waals surface area (Å²) in [5.41, 5.74) is 1.96. The van der Waals surface area contributed by atoms with E-state index in [9.17, 15) is 4.79 Å². The second-order valence-electron chi connectivity index (χ2n) is 5.00. The van der Waals surface area contributed by atoms with Gasteiger partial charge < -0.3 is 0 Å². The molecule has 1 rings (SSSR count). The van der Waals surface area contributed by atoms with E-state index in [1.54, 1.807) is 0 Å². The minimum Gasteiger partial charge on any atom is -0.299 e.